The summed E-state index contributed by atoms with van der Waals surface area (Å²) >= 11 is 0. The first-order valence-corrected chi connectivity index (χ1v) is 6.46. The summed E-state index contributed by atoms with van der Waals surface area (Å²) in [6.45, 7) is -1.01. The summed E-state index contributed by atoms with van der Waals surface area (Å²) in [5, 5.41) is 11.5. The van der Waals surface area contributed by atoms with Crippen LogP contribution in [0.25, 0.3) is 0 Å². The van der Waals surface area contributed by atoms with E-state index in [2.05, 4.69) is 10.1 Å². The molecule has 0 heterocycles. The molecule has 1 amide bonds. The molecule has 0 saturated carbocycles. The Balaban J connectivity index is 2.57. The van der Waals surface area contributed by atoms with Gasteiger partial charge in [0.1, 0.15) is 5.75 Å². The summed E-state index contributed by atoms with van der Waals surface area (Å²) in [5.74, 6) is -0.249. The number of alkyl halides is 2. The van der Waals surface area contributed by atoms with Crippen LogP contribution in [0.3, 0.4) is 0 Å². The predicted molar refractivity (Wildman–Crippen MR) is 70.7 cm³/mol. The maximum Gasteiger partial charge on any atom is 0.387 e. The molecule has 0 saturated heterocycles. The number of amides is 1. The van der Waals surface area contributed by atoms with Gasteiger partial charge in [-0.1, -0.05) is 18.2 Å². The number of aliphatic hydroxyl groups is 1. The normalized spacial score (nSPS) is 12.2. The molecule has 20 heavy (non-hydrogen) atoms. The molecule has 0 aliphatic heterocycles. The number of para-hydroxylation sites is 1. The second-order valence-electron chi connectivity index (χ2n) is 4.50. The Hall–Kier alpha value is -1.69. The average Bonchev–Trinajstić information content (AvgIpc) is 2.38. The van der Waals surface area contributed by atoms with Gasteiger partial charge in [0.2, 0.25) is 5.91 Å². The van der Waals surface area contributed by atoms with Gasteiger partial charge >= 0.3 is 6.61 Å². The Kier molecular flexibility index (Phi) is 6.93. The number of hydrogen-bond acceptors (Lipinski definition) is 3. The molecule has 0 radical (unpaired) electrons. The van der Waals surface area contributed by atoms with Crippen molar-refractivity contribution in [3.63, 3.8) is 0 Å². The van der Waals surface area contributed by atoms with E-state index in [1.807, 2.05) is 6.92 Å². The zero-order valence-electron chi connectivity index (χ0n) is 11.3. The van der Waals surface area contributed by atoms with Gasteiger partial charge in [-0.15, -0.1) is 0 Å². The number of aliphatic hydroxyl groups excluding tert-OH is 1. The molecule has 4 nitrogen and oxygen atoms in total. The third-order valence-electron chi connectivity index (χ3n) is 2.74. The number of benzene rings is 1. The molecular formula is C14H19F2NO3. The summed E-state index contributed by atoms with van der Waals surface area (Å²) in [4.78, 5) is 11.8. The van der Waals surface area contributed by atoms with Crippen LogP contribution in [0.15, 0.2) is 24.3 Å². The van der Waals surface area contributed by atoms with Crippen molar-refractivity contribution in [3.8, 4) is 5.75 Å². The van der Waals surface area contributed by atoms with E-state index >= 15 is 0 Å². The third kappa shape index (κ3) is 5.97. The summed E-state index contributed by atoms with van der Waals surface area (Å²) in [6, 6.07) is 6.15. The number of carbonyl (C=O) groups is 1. The first-order chi connectivity index (χ1) is 9.52. The molecule has 0 aliphatic rings. The van der Waals surface area contributed by atoms with E-state index in [4.69, 9.17) is 5.11 Å². The second kappa shape index (κ2) is 8.47. The number of ether oxygens (including phenoxy) is 1. The van der Waals surface area contributed by atoms with Crippen LogP contribution in [0, 0.1) is 0 Å². The lowest BCUT2D eigenvalue weighted by atomic mass is 10.1. The van der Waals surface area contributed by atoms with Gasteiger partial charge < -0.3 is 15.2 Å². The van der Waals surface area contributed by atoms with Crippen molar-refractivity contribution in [3.05, 3.63) is 29.8 Å². The first kappa shape index (κ1) is 16.4. The first-order valence-electron chi connectivity index (χ1n) is 6.46. The number of halogens is 2. The molecule has 1 aromatic carbocycles. The van der Waals surface area contributed by atoms with Crippen LogP contribution in [0.2, 0.25) is 0 Å². The van der Waals surface area contributed by atoms with Crippen molar-refractivity contribution in [2.45, 2.75) is 38.8 Å². The van der Waals surface area contributed by atoms with E-state index in [1.165, 1.54) is 6.07 Å². The molecular weight excluding hydrogens is 268 g/mol. The molecule has 1 atom stereocenters. The zero-order chi connectivity index (χ0) is 15.0. The summed E-state index contributed by atoms with van der Waals surface area (Å²) in [6.07, 6.45) is 1.25. The van der Waals surface area contributed by atoms with Crippen LogP contribution in [0.4, 0.5) is 8.78 Å². The molecule has 1 aromatic rings. The van der Waals surface area contributed by atoms with Crippen LogP contribution < -0.4 is 10.1 Å². The Morgan fingerprint density at radius 1 is 1.40 bits per heavy atom. The standard InChI is InChI=1S/C14H19F2NO3/c1-10(5-4-8-18)17-13(19)9-11-6-2-3-7-12(11)20-14(15)16/h2-3,6-7,10,14,18H,4-5,8-9H2,1H3,(H,17,19). The molecule has 1 rings (SSSR count). The van der Waals surface area contributed by atoms with E-state index in [0.717, 1.165) is 0 Å². The zero-order valence-corrected chi connectivity index (χ0v) is 11.3. The molecule has 2 N–H and O–H groups in total. The third-order valence-corrected chi connectivity index (χ3v) is 2.74. The van der Waals surface area contributed by atoms with Crippen LogP contribution in [0.5, 0.6) is 5.75 Å². The molecule has 112 valence electrons. The van der Waals surface area contributed by atoms with Gasteiger partial charge in [-0.3, -0.25) is 4.79 Å². The lowest BCUT2D eigenvalue weighted by Crippen LogP contribution is -2.33. The highest BCUT2D eigenvalue weighted by molar-refractivity contribution is 5.79. The number of hydrogen-bond donors (Lipinski definition) is 2. The smallest absolute Gasteiger partial charge is 0.387 e. The highest BCUT2D eigenvalue weighted by Gasteiger charge is 2.13. The lowest BCUT2D eigenvalue weighted by molar-refractivity contribution is -0.121. The average molecular weight is 287 g/mol. The van der Waals surface area contributed by atoms with Gasteiger partial charge in [0.05, 0.1) is 6.42 Å². The van der Waals surface area contributed by atoms with E-state index in [-0.39, 0.29) is 30.7 Å². The fraction of sp³-hybridized carbons (Fsp3) is 0.500. The lowest BCUT2D eigenvalue weighted by Gasteiger charge is -2.14. The van der Waals surface area contributed by atoms with Gasteiger partial charge in [-0.25, -0.2) is 0 Å². The van der Waals surface area contributed by atoms with E-state index < -0.39 is 6.61 Å². The van der Waals surface area contributed by atoms with Crippen molar-refractivity contribution < 1.29 is 23.4 Å². The topological polar surface area (TPSA) is 58.6 Å². The summed E-state index contributed by atoms with van der Waals surface area (Å²) in [5.41, 5.74) is 0.416. The molecule has 0 aromatic heterocycles. The van der Waals surface area contributed by atoms with E-state index in [1.54, 1.807) is 18.2 Å². The molecule has 0 fully saturated rings. The molecule has 1 unspecified atom stereocenters. The Bertz CT molecular complexity index is 427. The van der Waals surface area contributed by atoms with E-state index in [0.29, 0.717) is 18.4 Å². The van der Waals surface area contributed by atoms with Crippen molar-refractivity contribution >= 4 is 5.91 Å². The van der Waals surface area contributed by atoms with Crippen molar-refractivity contribution in [2.75, 3.05) is 6.61 Å². The van der Waals surface area contributed by atoms with Crippen molar-refractivity contribution in [2.24, 2.45) is 0 Å². The van der Waals surface area contributed by atoms with Crippen molar-refractivity contribution in [1.29, 1.82) is 0 Å². The molecule has 0 spiro atoms. The Morgan fingerprint density at radius 2 is 2.10 bits per heavy atom. The maximum atomic E-state index is 12.2. The maximum absolute atomic E-state index is 12.2. The van der Waals surface area contributed by atoms with Crippen LogP contribution in [-0.4, -0.2) is 30.3 Å². The number of nitrogens with one attached hydrogen (secondary N) is 1. The summed E-state index contributed by atoms with van der Waals surface area (Å²) in [7, 11) is 0. The quantitative estimate of drug-likeness (QED) is 0.770. The minimum absolute atomic E-state index is 0.0145. The van der Waals surface area contributed by atoms with Gasteiger partial charge in [0.15, 0.2) is 0 Å². The minimum atomic E-state index is -2.91. The second-order valence-corrected chi connectivity index (χ2v) is 4.50. The fourth-order valence-electron chi connectivity index (χ4n) is 1.83. The van der Waals surface area contributed by atoms with E-state index in [9.17, 15) is 13.6 Å². The molecule has 0 aliphatic carbocycles. The Morgan fingerprint density at radius 3 is 2.75 bits per heavy atom. The van der Waals surface area contributed by atoms with Gasteiger partial charge in [0, 0.05) is 18.2 Å². The van der Waals surface area contributed by atoms with Crippen LogP contribution in [0.1, 0.15) is 25.3 Å². The van der Waals surface area contributed by atoms with Crippen LogP contribution >= 0.6 is 0 Å². The SMILES string of the molecule is CC(CCCO)NC(=O)Cc1ccccc1OC(F)F. The highest BCUT2D eigenvalue weighted by Crippen LogP contribution is 2.20. The highest BCUT2D eigenvalue weighted by atomic mass is 19.3. The molecule has 6 heteroatoms. The van der Waals surface area contributed by atoms with Crippen LogP contribution in [-0.2, 0) is 11.2 Å². The number of carbonyl (C=O) groups excluding carboxylic acids is 1. The minimum Gasteiger partial charge on any atom is -0.435 e. The summed E-state index contributed by atoms with van der Waals surface area (Å²) < 4.78 is 28.9. The largest absolute Gasteiger partial charge is 0.435 e. The van der Waals surface area contributed by atoms with Crippen molar-refractivity contribution in [1.82, 2.24) is 5.32 Å². The fourth-order valence-corrected chi connectivity index (χ4v) is 1.83. The number of rotatable bonds is 8. The predicted octanol–water partition coefficient (Wildman–Crippen LogP) is 2.11. The van der Waals surface area contributed by atoms with Gasteiger partial charge in [-0.05, 0) is 25.8 Å². The monoisotopic (exact) mass is 287 g/mol. The Labute approximate surface area is 116 Å². The van der Waals surface area contributed by atoms with Gasteiger partial charge in [-0.2, -0.15) is 8.78 Å². The molecule has 0 bridgehead atoms. The van der Waals surface area contributed by atoms with Gasteiger partial charge in [0.25, 0.3) is 0 Å².